The van der Waals surface area contributed by atoms with Gasteiger partial charge in [-0.05, 0) is 40.8 Å². The molecule has 3 aromatic rings. The molecule has 1 amide bonds. The van der Waals surface area contributed by atoms with Crippen LogP contribution < -0.4 is 19.6 Å². The Kier molecular flexibility index (Phi) is 7.12. The maximum Gasteiger partial charge on any atom is 0.282 e. The minimum Gasteiger partial charge on any atom is -0.493 e. The summed E-state index contributed by atoms with van der Waals surface area (Å²) in [5.41, 5.74) is 6.99. The van der Waals surface area contributed by atoms with Crippen LogP contribution in [-0.2, 0) is 4.79 Å². The number of methoxy groups -OCH3 is 3. The van der Waals surface area contributed by atoms with Gasteiger partial charge < -0.3 is 14.2 Å². The fourth-order valence-electron chi connectivity index (χ4n) is 4.42. The Morgan fingerprint density at radius 2 is 1.69 bits per heavy atom. The number of nitrogens with zero attached hydrogens (tertiary/aromatic N) is 2. The van der Waals surface area contributed by atoms with Crippen LogP contribution in [0.1, 0.15) is 34.6 Å². The molecule has 4 rings (SSSR count). The lowest BCUT2D eigenvalue weighted by atomic mass is 9.93. The molecule has 7 heteroatoms. The lowest BCUT2D eigenvalue weighted by Crippen LogP contribution is -2.20. The monoisotopic (exact) mass is 467 g/mol. The van der Waals surface area contributed by atoms with Gasteiger partial charge in [-0.3, -0.25) is 4.79 Å². The standard InChI is InChI=1S/C28H25N3O4/c1-33-25-14-13-19(26(34-2)27(25)35-3)17-30-31-28(32)24(16-29)23-15-22(18-9-5-4-6-10-18)20-11-7-8-12-21(20)23/h4-14,17,22H,15H2,1-3H3,(H,31,32). The number of hydrazone groups is 1. The Morgan fingerprint density at radius 3 is 2.37 bits per heavy atom. The SMILES string of the molecule is COc1ccc(C=NNC(=O)C(C#N)=C2CC(c3ccccc3)c3ccccc32)c(OC)c1OC. The van der Waals surface area contributed by atoms with Gasteiger partial charge in [-0.25, -0.2) is 5.43 Å². The number of ether oxygens (including phenoxy) is 3. The van der Waals surface area contributed by atoms with Gasteiger partial charge in [-0.15, -0.1) is 0 Å². The highest BCUT2D eigenvalue weighted by Gasteiger charge is 2.31. The summed E-state index contributed by atoms with van der Waals surface area (Å²) in [6, 6.07) is 23.5. The van der Waals surface area contributed by atoms with E-state index in [-0.39, 0.29) is 11.5 Å². The Bertz CT molecular complexity index is 1340. The number of carbonyl (C=O) groups is 1. The first-order valence-corrected chi connectivity index (χ1v) is 11.0. The van der Waals surface area contributed by atoms with E-state index in [0.717, 1.165) is 16.7 Å². The van der Waals surface area contributed by atoms with Gasteiger partial charge in [-0.2, -0.15) is 10.4 Å². The summed E-state index contributed by atoms with van der Waals surface area (Å²) in [5, 5.41) is 14.0. The first kappa shape index (κ1) is 23.6. The largest absolute Gasteiger partial charge is 0.493 e. The lowest BCUT2D eigenvalue weighted by molar-refractivity contribution is -0.117. The van der Waals surface area contributed by atoms with Gasteiger partial charge in [0.2, 0.25) is 5.75 Å². The molecule has 3 aromatic carbocycles. The van der Waals surface area contributed by atoms with Gasteiger partial charge in [-0.1, -0.05) is 54.6 Å². The van der Waals surface area contributed by atoms with Crippen molar-refractivity contribution in [1.29, 1.82) is 5.26 Å². The topological polar surface area (TPSA) is 92.9 Å². The molecule has 0 bridgehead atoms. The molecule has 1 aliphatic rings. The molecule has 1 aliphatic carbocycles. The van der Waals surface area contributed by atoms with Gasteiger partial charge in [0.05, 0.1) is 27.5 Å². The number of fused-ring (bicyclic) bond motifs is 1. The molecule has 0 aromatic heterocycles. The summed E-state index contributed by atoms with van der Waals surface area (Å²) in [6.45, 7) is 0. The van der Waals surface area contributed by atoms with Crippen molar-refractivity contribution in [3.8, 4) is 23.3 Å². The van der Waals surface area contributed by atoms with Crippen molar-refractivity contribution in [2.75, 3.05) is 21.3 Å². The molecule has 7 nitrogen and oxygen atoms in total. The minimum atomic E-state index is -0.568. The zero-order chi connectivity index (χ0) is 24.8. The van der Waals surface area contributed by atoms with Crippen LogP contribution in [0.4, 0.5) is 0 Å². The Labute approximate surface area is 204 Å². The summed E-state index contributed by atoms with van der Waals surface area (Å²) in [6.07, 6.45) is 2.00. The number of carbonyl (C=O) groups excluding carboxylic acids is 1. The molecule has 0 aliphatic heterocycles. The highest BCUT2D eigenvalue weighted by atomic mass is 16.5. The van der Waals surface area contributed by atoms with Crippen molar-refractivity contribution < 1.29 is 19.0 Å². The van der Waals surface area contributed by atoms with E-state index in [1.54, 1.807) is 12.1 Å². The van der Waals surface area contributed by atoms with E-state index in [1.165, 1.54) is 27.5 Å². The number of hydrogen-bond acceptors (Lipinski definition) is 6. The van der Waals surface area contributed by atoms with E-state index in [9.17, 15) is 10.1 Å². The van der Waals surface area contributed by atoms with Crippen LogP contribution in [0, 0.1) is 11.3 Å². The fourth-order valence-corrected chi connectivity index (χ4v) is 4.42. The van der Waals surface area contributed by atoms with Crippen LogP contribution in [0.3, 0.4) is 0 Å². The van der Waals surface area contributed by atoms with Crippen LogP contribution in [0.25, 0.3) is 5.57 Å². The maximum absolute atomic E-state index is 13.0. The molecule has 0 fully saturated rings. The highest BCUT2D eigenvalue weighted by molar-refractivity contribution is 6.06. The summed E-state index contributed by atoms with van der Waals surface area (Å²) >= 11 is 0. The summed E-state index contributed by atoms with van der Waals surface area (Å²) in [4.78, 5) is 13.0. The Hall–Kier alpha value is -4.57. The predicted molar refractivity (Wildman–Crippen MR) is 134 cm³/mol. The Balaban J connectivity index is 1.62. The number of hydrogen-bond donors (Lipinski definition) is 1. The number of benzene rings is 3. The van der Waals surface area contributed by atoms with Crippen LogP contribution in [-0.4, -0.2) is 33.5 Å². The quantitative estimate of drug-likeness (QED) is 0.236. The van der Waals surface area contributed by atoms with E-state index < -0.39 is 5.91 Å². The van der Waals surface area contributed by atoms with Crippen molar-refractivity contribution in [2.24, 2.45) is 5.10 Å². The zero-order valence-electron chi connectivity index (χ0n) is 19.7. The smallest absolute Gasteiger partial charge is 0.282 e. The van der Waals surface area contributed by atoms with Crippen LogP contribution >= 0.6 is 0 Å². The van der Waals surface area contributed by atoms with Gasteiger partial charge in [0, 0.05) is 11.5 Å². The van der Waals surface area contributed by atoms with Crippen molar-refractivity contribution in [3.05, 3.63) is 94.6 Å². The highest BCUT2D eigenvalue weighted by Crippen LogP contribution is 2.46. The van der Waals surface area contributed by atoms with E-state index >= 15 is 0 Å². The average molecular weight is 468 g/mol. The molecule has 0 heterocycles. The predicted octanol–water partition coefficient (Wildman–Crippen LogP) is 4.68. The number of rotatable bonds is 7. The first-order chi connectivity index (χ1) is 17.1. The second kappa shape index (κ2) is 10.6. The molecule has 1 atom stereocenters. The van der Waals surface area contributed by atoms with E-state index in [0.29, 0.717) is 34.8 Å². The van der Waals surface area contributed by atoms with Gasteiger partial charge in [0.15, 0.2) is 11.5 Å². The van der Waals surface area contributed by atoms with Gasteiger partial charge >= 0.3 is 0 Å². The molecule has 0 radical (unpaired) electrons. The normalized spacial score (nSPS) is 15.8. The van der Waals surface area contributed by atoms with Crippen LogP contribution in [0.2, 0.25) is 0 Å². The number of amides is 1. The van der Waals surface area contributed by atoms with Crippen molar-refractivity contribution >= 4 is 17.7 Å². The Morgan fingerprint density at radius 1 is 0.971 bits per heavy atom. The first-order valence-electron chi connectivity index (χ1n) is 11.0. The van der Waals surface area contributed by atoms with Crippen molar-refractivity contribution in [2.45, 2.75) is 12.3 Å². The van der Waals surface area contributed by atoms with Crippen molar-refractivity contribution in [3.63, 3.8) is 0 Å². The van der Waals surface area contributed by atoms with E-state index in [2.05, 4.69) is 28.7 Å². The van der Waals surface area contributed by atoms with Gasteiger partial charge in [0.1, 0.15) is 11.6 Å². The maximum atomic E-state index is 13.0. The third-order valence-corrected chi connectivity index (χ3v) is 6.02. The molecule has 176 valence electrons. The molecule has 1 N–H and O–H groups in total. The molecular weight excluding hydrogens is 442 g/mol. The van der Waals surface area contributed by atoms with Crippen molar-refractivity contribution in [1.82, 2.24) is 5.43 Å². The second-order valence-electron chi connectivity index (χ2n) is 7.84. The summed E-state index contributed by atoms with van der Waals surface area (Å²) in [5.74, 6) is 0.855. The third-order valence-electron chi connectivity index (χ3n) is 6.02. The molecule has 0 saturated carbocycles. The van der Waals surface area contributed by atoms with Gasteiger partial charge in [0.25, 0.3) is 5.91 Å². The number of allylic oxidation sites excluding steroid dienone is 1. The molecule has 1 unspecified atom stereocenters. The molecule has 0 spiro atoms. The average Bonchev–Trinajstić information content (AvgIpc) is 3.28. The second-order valence-corrected chi connectivity index (χ2v) is 7.84. The van der Waals surface area contributed by atoms with E-state index in [1.807, 2.05) is 42.5 Å². The molecule has 0 saturated heterocycles. The third kappa shape index (κ3) is 4.59. The molecular formula is C28H25N3O4. The lowest BCUT2D eigenvalue weighted by Gasteiger charge is -2.13. The summed E-state index contributed by atoms with van der Waals surface area (Å²) < 4.78 is 16.1. The van der Waals surface area contributed by atoms with Crippen LogP contribution in [0.15, 0.2) is 77.4 Å². The number of nitriles is 1. The van der Waals surface area contributed by atoms with E-state index in [4.69, 9.17) is 14.2 Å². The minimum absolute atomic E-state index is 0.0484. The fraction of sp³-hybridized carbons (Fsp3) is 0.179. The van der Waals surface area contributed by atoms with Crippen LogP contribution in [0.5, 0.6) is 17.2 Å². The number of nitrogens with one attached hydrogen (secondary N) is 1. The summed E-state index contributed by atoms with van der Waals surface area (Å²) in [7, 11) is 4.55. The zero-order valence-corrected chi connectivity index (χ0v) is 19.7. The molecule has 35 heavy (non-hydrogen) atoms.